The van der Waals surface area contributed by atoms with Gasteiger partial charge in [-0.2, -0.15) is 11.8 Å². The van der Waals surface area contributed by atoms with Crippen LogP contribution in [0, 0.1) is 10.1 Å². The van der Waals surface area contributed by atoms with Gasteiger partial charge in [0.2, 0.25) is 5.91 Å². The van der Waals surface area contributed by atoms with Gasteiger partial charge in [-0.3, -0.25) is 14.9 Å². The standard InChI is InChI=1S/C16H14Cl2N2O3S/c17-14-5-4-11(8-15(14)18)10-24-7-6-16(21)19-12-2-1-3-13(9-12)20(22)23/h1-5,8-9H,6-7,10H2,(H,19,21). The molecule has 0 saturated carbocycles. The zero-order valence-corrected chi connectivity index (χ0v) is 14.8. The average Bonchev–Trinajstić information content (AvgIpc) is 2.55. The number of halogens is 2. The maximum absolute atomic E-state index is 11.9. The highest BCUT2D eigenvalue weighted by Crippen LogP contribution is 2.25. The molecular formula is C16H14Cl2N2O3S. The van der Waals surface area contributed by atoms with Gasteiger partial charge in [0.25, 0.3) is 5.69 Å². The molecule has 2 aromatic carbocycles. The number of carbonyl (C=O) groups excluding carboxylic acids is 1. The molecule has 0 aromatic heterocycles. The van der Waals surface area contributed by atoms with Gasteiger partial charge < -0.3 is 5.32 Å². The predicted octanol–water partition coefficient (Wildman–Crippen LogP) is 5.16. The highest BCUT2D eigenvalue weighted by atomic mass is 35.5. The Morgan fingerprint density at radius 2 is 1.96 bits per heavy atom. The molecule has 0 aliphatic rings. The highest BCUT2D eigenvalue weighted by molar-refractivity contribution is 7.98. The number of thioether (sulfide) groups is 1. The van der Waals surface area contributed by atoms with Crippen molar-refractivity contribution in [2.45, 2.75) is 12.2 Å². The minimum absolute atomic E-state index is 0.0539. The van der Waals surface area contributed by atoms with Crippen LogP contribution < -0.4 is 5.32 Å². The van der Waals surface area contributed by atoms with Gasteiger partial charge in [-0.15, -0.1) is 0 Å². The van der Waals surface area contributed by atoms with Gasteiger partial charge in [0.05, 0.1) is 15.0 Å². The van der Waals surface area contributed by atoms with Crippen molar-refractivity contribution in [1.82, 2.24) is 0 Å². The van der Waals surface area contributed by atoms with Gasteiger partial charge in [-0.05, 0) is 23.8 Å². The van der Waals surface area contributed by atoms with Crippen LogP contribution in [0.25, 0.3) is 0 Å². The number of anilines is 1. The second-order valence-electron chi connectivity index (χ2n) is 4.91. The average molecular weight is 385 g/mol. The first-order valence-corrected chi connectivity index (χ1v) is 8.93. The SMILES string of the molecule is O=C(CCSCc1ccc(Cl)c(Cl)c1)Nc1cccc([N+](=O)[O-])c1. The molecule has 2 rings (SSSR count). The van der Waals surface area contributed by atoms with Crippen LogP contribution in [0.5, 0.6) is 0 Å². The predicted molar refractivity (Wildman–Crippen MR) is 99.0 cm³/mol. The molecule has 0 saturated heterocycles. The first-order chi connectivity index (χ1) is 11.5. The van der Waals surface area contributed by atoms with Gasteiger partial charge in [-0.25, -0.2) is 0 Å². The summed E-state index contributed by atoms with van der Waals surface area (Å²) in [5.41, 5.74) is 1.40. The van der Waals surface area contributed by atoms with Crippen molar-refractivity contribution in [3.8, 4) is 0 Å². The third kappa shape index (κ3) is 5.70. The molecular weight excluding hydrogens is 371 g/mol. The van der Waals surface area contributed by atoms with E-state index in [0.717, 1.165) is 11.3 Å². The maximum atomic E-state index is 11.9. The molecule has 5 nitrogen and oxygen atoms in total. The lowest BCUT2D eigenvalue weighted by molar-refractivity contribution is -0.384. The Bertz CT molecular complexity index is 756. The number of carbonyl (C=O) groups is 1. The van der Waals surface area contributed by atoms with E-state index >= 15 is 0 Å². The van der Waals surface area contributed by atoms with Crippen LogP contribution in [0.1, 0.15) is 12.0 Å². The Labute approximate surface area is 153 Å². The summed E-state index contributed by atoms with van der Waals surface area (Å²) in [4.78, 5) is 22.1. The molecule has 0 radical (unpaired) electrons. The minimum atomic E-state index is -0.497. The number of hydrogen-bond acceptors (Lipinski definition) is 4. The van der Waals surface area contributed by atoms with Crippen molar-refractivity contribution in [2.24, 2.45) is 0 Å². The number of nitro groups is 1. The van der Waals surface area contributed by atoms with Gasteiger partial charge in [0.15, 0.2) is 0 Å². The van der Waals surface area contributed by atoms with E-state index in [-0.39, 0.29) is 11.6 Å². The normalized spacial score (nSPS) is 10.4. The summed E-state index contributed by atoms with van der Waals surface area (Å²) < 4.78 is 0. The van der Waals surface area contributed by atoms with Crippen LogP contribution in [0.2, 0.25) is 10.0 Å². The first kappa shape index (κ1) is 18.6. The highest BCUT2D eigenvalue weighted by Gasteiger charge is 2.08. The molecule has 0 heterocycles. The lowest BCUT2D eigenvalue weighted by Crippen LogP contribution is -2.12. The molecule has 0 aliphatic carbocycles. The number of amides is 1. The summed E-state index contributed by atoms with van der Waals surface area (Å²) in [5, 5.41) is 14.4. The van der Waals surface area contributed by atoms with Crippen molar-refractivity contribution >= 4 is 52.2 Å². The molecule has 0 atom stereocenters. The molecule has 0 aliphatic heterocycles. The second kappa shape index (κ2) is 8.92. The number of hydrogen-bond donors (Lipinski definition) is 1. The van der Waals surface area contributed by atoms with E-state index in [0.29, 0.717) is 27.9 Å². The smallest absolute Gasteiger partial charge is 0.271 e. The molecule has 24 heavy (non-hydrogen) atoms. The summed E-state index contributed by atoms with van der Waals surface area (Å²) in [6.45, 7) is 0. The van der Waals surface area contributed by atoms with Crippen molar-refractivity contribution in [3.05, 3.63) is 68.2 Å². The lowest BCUT2D eigenvalue weighted by atomic mass is 10.2. The number of nitrogens with zero attached hydrogens (tertiary/aromatic N) is 1. The summed E-state index contributed by atoms with van der Waals surface area (Å²) in [5.74, 6) is 1.17. The molecule has 126 valence electrons. The summed E-state index contributed by atoms with van der Waals surface area (Å²) >= 11 is 13.4. The topological polar surface area (TPSA) is 72.2 Å². The Hall–Kier alpha value is -1.76. The third-order valence-electron chi connectivity index (χ3n) is 3.07. The molecule has 0 unspecified atom stereocenters. The zero-order chi connectivity index (χ0) is 17.5. The summed E-state index contributed by atoms with van der Waals surface area (Å²) in [7, 11) is 0. The molecule has 1 amide bonds. The van der Waals surface area contributed by atoms with Crippen LogP contribution in [-0.2, 0) is 10.5 Å². The molecule has 0 fully saturated rings. The number of benzene rings is 2. The largest absolute Gasteiger partial charge is 0.326 e. The summed E-state index contributed by atoms with van der Waals surface area (Å²) in [6, 6.07) is 11.3. The number of nitrogens with one attached hydrogen (secondary N) is 1. The fourth-order valence-electron chi connectivity index (χ4n) is 1.91. The Kier molecular flexibility index (Phi) is 6.90. The van der Waals surface area contributed by atoms with Crippen molar-refractivity contribution in [1.29, 1.82) is 0 Å². The summed E-state index contributed by atoms with van der Waals surface area (Å²) in [6.07, 6.45) is 0.314. The fourth-order valence-corrected chi connectivity index (χ4v) is 3.12. The third-order valence-corrected chi connectivity index (χ3v) is 4.84. The quantitative estimate of drug-likeness (QED) is 0.406. The van der Waals surface area contributed by atoms with Gasteiger partial charge >= 0.3 is 0 Å². The monoisotopic (exact) mass is 384 g/mol. The van der Waals surface area contributed by atoms with E-state index in [2.05, 4.69) is 5.32 Å². The van der Waals surface area contributed by atoms with E-state index < -0.39 is 4.92 Å². The van der Waals surface area contributed by atoms with E-state index in [1.54, 1.807) is 30.0 Å². The van der Waals surface area contributed by atoms with E-state index in [4.69, 9.17) is 23.2 Å². The van der Waals surface area contributed by atoms with E-state index in [9.17, 15) is 14.9 Å². The molecule has 8 heteroatoms. The van der Waals surface area contributed by atoms with Gasteiger partial charge in [-0.1, -0.05) is 35.3 Å². The van der Waals surface area contributed by atoms with Crippen molar-refractivity contribution in [3.63, 3.8) is 0 Å². The van der Waals surface area contributed by atoms with Gasteiger partial charge in [0, 0.05) is 35.7 Å². The molecule has 0 bridgehead atoms. The number of nitro benzene ring substituents is 1. The van der Waals surface area contributed by atoms with E-state index in [1.807, 2.05) is 6.07 Å². The van der Waals surface area contributed by atoms with E-state index in [1.165, 1.54) is 18.2 Å². The van der Waals surface area contributed by atoms with Crippen molar-refractivity contribution < 1.29 is 9.72 Å². The van der Waals surface area contributed by atoms with Gasteiger partial charge in [0.1, 0.15) is 0 Å². The van der Waals surface area contributed by atoms with Crippen LogP contribution in [0.3, 0.4) is 0 Å². The molecule has 0 spiro atoms. The van der Waals surface area contributed by atoms with Crippen LogP contribution >= 0.6 is 35.0 Å². The lowest BCUT2D eigenvalue weighted by Gasteiger charge is -2.06. The molecule has 2 aromatic rings. The minimum Gasteiger partial charge on any atom is -0.326 e. The molecule has 1 N–H and O–H groups in total. The first-order valence-electron chi connectivity index (χ1n) is 7.01. The van der Waals surface area contributed by atoms with Crippen LogP contribution in [0.4, 0.5) is 11.4 Å². The Morgan fingerprint density at radius 3 is 2.67 bits per heavy atom. The zero-order valence-electron chi connectivity index (χ0n) is 12.5. The Balaban J connectivity index is 1.76. The van der Waals surface area contributed by atoms with Crippen molar-refractivity contribution in [2.75, 3.05) is 11.1 Å². The Morgan fingerprint density at radius 1 is 1.17 bits per heavy atom. The number of non-ortho nitro benzene ring substituents is 1. The maximum Gasteiger partial charge on any atom is 0.271 e. The fraction of sp³-hybridized carbons (Fsp3) is 0.188. The van der Waals surface area contributed by atoms with Crippen LogP contribution in [-0.4, -0.2) is 16.6 Å². The number of rotatable bonds is 7. The van der Waals surface area contributed by atoms with Crippen LogP contribution in [0.15, 0.2) is 42.5 Å². The second-order valence-corrected chi connectivity index (χ2v) is 6.83.